The number of aromatic nitrogens is 2. The Morgan fingerprint density at radius 1 is 1.69 bits per heavy atom. The van der Waals surface area contributed by atoms with E-state index in [0.717, 1.165) is 0 Å². The molecular weight excluding hydrogens is 238 g/mol. The minimum atomic E-state index is -0.439. The van der Waals surface area contributed by atoms with E-state index in [4.69, 9.17) is 5.73 Å². The summed E-state index contributed by atoms with van der Waals surface area (Å²) in [7, 11) is 0. The Bertz CT molecular complexity index is 407. The third-order valence-corrected chi connectivity index (χ3v) is 2.02. The minimum Gasteiger partial charge on any atom is -0.326 e. The lowest BCUT2D eigenvalue weighted by molar-refractivity contribution is 0.559. The summed E-state index contributed by atoms with van der Waals surface area (Å²) >= 11 is 3.03. The maximum Gasteiger partial charge on any atom is 0.328 e. The van der Waals surface area contributed by atoms with Crippen LogP contribution in [-0.4, -0.2) is 15.6 Å². The molecule has 5 nitrogen and oxygen atoms in total. The van der Waals surface area contributed by atoms with Crippen molar-refractivity contribution in [2.24, 2.45) is 5.73 Å². The molecule has 1 aromatic rings. The summed E-state index contributed by atoms with van der Waals surface area (Å²) < 4.78 is 1.68. The van der Waals surface area contributed by atoms with E-state index in [1.807, 2.05) is 0 Å². The van der Waals surface area contributed by atoms with Crippen LogP contribution in [0.3, 0.4) is 0 Å². The van der Waals surface area contributed by atoms with E-state index in [1.165, 1.54) is 10.8 Å². The summed E-state index contributed by atoms with van der Waals surface area (Å²) in [6, 6.07) is -0.129. The Morgan fingerprint density at radius 3 is 2.85 bits per heavy atom. The van der Waals surface area contributed by atoms with E-state index in [9.17, 15) is 9.59 Å². The second kappa shape index (κ2) is 3.89. The van der Waals surface area contributed by atoms with Gasteiger partial charge >= 0.3 is 5.69 Å². The lowest BCUT2D eigenvalue weighted by Crippen LogP contribution is -2.34. The van der Waals surface area contributed by atoms with Crippen LogP contribution < -0.4 is 17.0 Å². The number of halogens is 1. The molecule has 0 bridgehead atoms. The van der Waals surface area contributed by atoms with Gasteiger partial charge in [0.1, 0.15) is 0 Å². The normalized spacial score (nSPS) is 12.8. The highest BCUT2D eigenvalue weighted by Gasteiger charge is 2.03. The lowest BCUT2D eigenvalue weighted by atomic mass is 10.3. The van der Waals surface area contributed by atoms with Gasteiger partial charge in [-0.1, -0.05) is 0 Å². The summed E-state index contributed by atoms with van der Waals surface area (Å²) in [5.41, 5.74) is 4.65. The van der Waals surface area contributed by atoms with E-state index in [2.05, 4.69) is 20.9 Å². The zero-order valence-corrected chi connectivity index (χ0v) is 8.67. The average Bonchev–Trinajstić information content (AvgIpc) is 1.99. The summed E-state index contributed by atoms with van der Waals surface area (Å²) in [6.07, 6.45) is 1.44. The molecule has 0 amide bonds. The van der Waals surface area contributed by atoms with Crippen molar-refractivity contribution in [3.8, 4) is 0 Å². The maximum absolute atomic E-state index is 11.2. The van der Waals surface area contributed by atoms with Crippen molar-refractivity contribution in [3.63, 3.8) is 0 Å². The molecular formula is C7H10BrN3O2. The predicted octanol–water partition coefficient (Wildman–Crippen LogP) is -0.354. The molecule has 0 spiro atoms. The van der Waals surface area contributed by atoms with Crippen LogP contribution in [0.25, 0.3) is 0 Å². The van der Waals surface area contributed by atoms with Crippen LogP contribution in [0.2, 0.25) is 0 Å². The molecule has 1 atom stereocenters. The summed E-state index contributed by atoms with van der Waals surface area (Å²) in [4.78, 5) is 24.3. The molecule has 0 radical (unpaired) electrons. The number of nitrogens with one attached hydrogen (secondary N) is 1. The Labute approximate surface area is 82.7 Å². The molecule has 1 heterocycles. The van der Waals surface area contributed by atoms with Crippen molar-refractivity contribution in [3.05, 3.63) is 31.5 Å². The van der Waals surface area contributed by atoms with Gasteiger partial charge in [-0.3, -0.25) is 14.3 Å². The third kappa shape index (κ3) is 2.53. The molecule has 0 saturated heterocycles. The molecule has 6 heteroatoms. The van der Waals surface area contributed by atoms with Crippen LogP contribution in [0, 0.1) is 0 Å². The molecule has 1 unspecified atom stereocenters. The first-order chi connectivity index (χ1) is 6.00. The Kier molecular flexibility index (Phi) is 3.05. The molecule has 13 heavy (non-hydrogen) atoms. The smallest absolute Gasteiger partial charge is 0.326 e. The number of H-pyrrole nitrogens is 1. The highest BCUT2D eigenvalue weighted by molar-refractivity contribution is 9.10. The first-order valence-electron chi connectivity index (χ1n) is 3.75. The highest BCUT2D eigenvalue weighted by atomic mass is 79.9. The standard InChI is InChI=1S/C7H10BrN3O2/c1-4(9)2-11-3-5(8)6(12)10-7(11)13/h3-4H,2,9H2,1H3,(H,10,12,13). The first-order valence-corrected chi connectivity index (χ1v) is 4.55. The van der Waals surface area contributed by atoms with Crippen molar-refractivity contribution < 1.29 is 0 Å². The van der Waals surface area contributed by atoms with E-state index in [1.54, 1.807) is 6.92 Å². The number of aromatic amines is 1. The number of hydrogen-bond donors (Lipinski definition) is 2. The van der Waals surface area contributed by atoms with Crippen LogP contribution in [-0.2, 0) is 6.54 Å². The molecule has 72 valence electrons. The molecule has 0 aliphatic carbocycles. The van der Waals surface area contributed by atoms with Gasteiger partial charge in [0.05, 0.1) is 4.47 Å². The van der Waals surface area contributed by atoms with Crippen molar-refractivity contribution in [1.82, 2.24) is 9.55 Å². The van der Waals surface area contributed by atoms with E-state index in [-0.39, 0.29) is 6.04 Å². The number of nitrogens with zero attached hydrogens (tertiary/aromatic N) is 1. The second-order valence-electron chi connectivity index (χ2n) is 2.87. The summed E-state index contributed by atoms with van der Waals surface area (Å²) in [5, 5.41) is 0. The fraction of sp³-hybridized carbons (Fsp3) is 0.429. The Balaban J connectivity index is 3.17. The number of rotatable bonds is 2. The van der Waals surface area contributed by atoms with Gasteiger partial charge in [0.2, 0.25) is 0 Å². The molecule has 0 aromatic carbocycles. The summed E-state index contributed by atoms with van der Waals surface area (Å²) in [5.74, 6) is 0. The second-order valence-corrected chi connectivity index (χ2v) is 3.72. The van der Waals surface area contributed by atoms with Crippen molar-refractivity contribution in [2.45, 2.75) is 19.5 Å². The van der Waals surface area contributed by atoms with Gasteiger partial charge in [0, 0.05) is 18.8 Å². The van der Waals surface area contributed by atoms with Gasteiger partial charge < -0.3 is 5.73 Å². The average molecular weight is 248 g/mol. The van der Waals surface area contributed by atoms with Gasteiger partial charge in [0.25, 0.3) is 5.56 Å². The van der Waals surface area contributed by atoms with Gasteiger partial charge in [-0.25, -0.2) is 4.79 Å². The predicted molar refractivity (Wildman–Crippen MR) is 52.7 cm³/mol. The van der Waals surface area contributed by atoms with E-state index < -0.39 is 11.2 Å². The quantitative estimate of drug-likeness (QED) is 0.750. The maximum atomic E-state index is 11.2. The van der Waals surface area contributed by atoms with Gasteiger partial charge in [-0.15, -0.1) is 0 Å². The third-order valence-electron chi connectivity index (χ3n) is 1.45. The molecule has 1 rings (SSSR count). The molecule has 1 aromatic heterocycles. The lowest BCUT2D eigenvalue weighted by Gasteiger charge is -2.07. The van der Waals surface area contributed by atoms with Gasteiger partial charge in [-0.05, 0) is 22.9 Å². The fourth-order valence-electron chi connectivity index (χ4n) is 0.929. The summed E-state index contributed by atoms with van der Waals surface area (Å²) in [6.45, 7) is 2.17. The first kappa shape index (κ1) is 10.2. The van der Waals surface area contributed by atoms with Crippen LogP contribution in [0.1, 0.15) is 6.92 Å². The van der Waals surface area contributed by atoms with Crippen molar-refractivity contribution in [1.29, 1.82) is 0 Å². The SMILES string of the molecule is CC(N)Cn1cc(Br)c(=O)[nH]c1=O. The molecule has 0 aliphatic heterocycles. The van der Waals surface area contributed by atoms with Crippen LogP contribution >= 0.6 is 15.9 Å². The van der Waals surface area contributed by atoms with Crippen LogP contribution in [0.4, 0.5) is 0 Å². The molecule has 3 N–H and O–H groups in total. The zero-order valence-electron chi connectivity index (χ0n) is 7.08. The van der Waals surface area contributed by atoms with E-state index >= 15 is 0 Å². The monoisotopic (exact) mass is 247 g/mol. The Hall–Kier alpha value is -0.880. The number of nitrogens with two attached hydrogens (primary N) is 1. The topological polar surface area (TPSA) is 80.9 Å². The Morgan fingerprint density at radius 2 is 2.31 bits per heavy atom. The van der Waals surface area contributed by atoms with E-state index in [0.29, 0.717) is 11.0 Å². The highest BCUT2D eigenvalue weighted by Crippen LogP contribution is 1.97. The van der Waals surface area contributed by atoms with Gasteiger partial charge in [0.15, 0.2) is 0 Å². The number of hydrogen-bond acceptors (Lipinski definition) is 3. The minimum absolute atomic E-state index is 0.129. The molecule has 0 aliphatic rings. The zero-order chi connectivity index (χ0) is 10.0. The van der Waals surface area contributed by atoms with Crippen molar-refractivity contribution >= 4 is 15.9 Å². The van der Waals surface area contributed by atoms with Crippen molar-refractivity contribution in [2.75, 3.05) is 0 Å². The van der Waals surface area contributed by atoms with Crippen LogP contribution in [0.5, 0.6) is 0 Å². The fourth-order valence-corrected chi connectivity index (χ4v) is 1.27. The molecule has 0 fully saturated rings. The molecule has 0 saturated carbocycles. The largest absolute Gasteiger partial charge is 0.328 e. The van der Waals surface area contributed by atoms with Gasteiger partial charge in [-0.2, -0.15) is 0 Å². The van der Waals surface area contributed by atoms with Crippen LogP contribution in [0.15, 0.2) is 20.3 Å².